The number of amides is 1. The van der Waals surface area contributed by atoms with Crippen molar-refractivity contribution < 1.29 is 4.79 Å². The molecule has 0 unspecified atom stereocenters. The van der Waals surface area contributed by atoms with Gasteiger partial charge in [-0.15, -0.1) is 0 Å². The zero-order valence-electron chi connectivity index (χ0n) is 13.8. The summed E-state index contributed by atoms with van der Waals surface area (Å²) in [6.45, 7) is 1.83. The summed E-state index contributed by atoms with van der Waals surface area (Å²) in [7, 11) is 0. The van der Waals surface area contributed by atoms with Crippen LogP contribution in [0.1, 0.15) is 24.6 Å². The number of benzene rings is 1. The van der Waals surface area contributed by atoms with Gasteiger partial charge in [0.1, 0.15) is 6.54 Å². The van der Waals surface area contributed by atoms with Crippen LogP contribution in [0.5, 0.6) is 0 Å². The number of anilines is 1. The molecule has 7 heteroatoms. The summed E-state index contributed by atoms with van der Waals surface area (Å²) in [5.74, 6) is 0.308. The van der Waals surface area contributed by atoms with E-state index in [2.05, 4.69) is 14.9 Å². The van der Waals surface area contributed by atoms with Crippen LogP contribution >= 0.6 is 11.3 Å². The van der Waals surface area contributed by atoms with E-state index in [1.54, 1.807) is 11.6 Å². The molecule has 1 aliphatic rings. The van der Waals surface area contributed by atoms with Crippen molar-refractivity contribution in [2.24, 2.45) is 0 Å². The third kappa shape index (κ3) is 3.15. The first kappa shape index (κ1) is 15.8. The molecule has 0 atom stereocenters. The monoisotopic (exact) mass is 354 g/mol. The van der Waals surface area contributed by atoms with Gasteiger partial charge in [-0.3, -0.25) is 19.5 Å². The topological polar surface area (TPSA) is 68.9 Å². The number of nitrogens with zero attached hydrogens (tertiary/aromatic N) is 3. The van der Waals surface area contributed by atoms with Gasteiger partial charge in [0.15, 0.2) is 0 Å². The van der Waals surface area contributed by atoms with Crippen LogP contribution in [0.15, 0.2) is 46.7 Å². The van der Waals surface area contributed by atoms with E-state index in [0.29, 0.717) is 12.0 Å². The Morgan fingerprint density at radius 3 is 2.72 bits per heavy atom. The van der Waals surface area contributed by atoms with E-state index in [0.717, 1.165) is 41.1 Å². The SMILES string of the molecule is Cc1csc(=O)n1CC(=O)Nc1ncc(-c2ccccc2)n1C1CC1. The minimum Gasteiger partial charge on any atom is -0.307 e. The van der Waals surface area contributed by atoms with E-state index >= 15 is 0 Å². The molecule has 1 aromatic carbocycles. The van der Waals surface area contributed by atoms with Crippen LogP contribution in [0.4, 0.5) is 5.95 Å². The molecule has 1 amide bonds. The fourth-order valence-electron chi connectivity index (χ4n) is 2.88. The third-order valence-corrected chi connectivity index (χ3v) is 5.19. The number of rotatable bonds is 5. The highest BCUT2D eigenvalue weighted by molar-refractivity contribution is 7.07. The minimum atomic E-state index is -0.240. The summed E-state index contributed by atoms with van der Waals surface area (Å²) in [6.07, 6.45) is 3.97. The van der Waals surface area contributed by atoms with Gasteiger partial charge < -0.3 is 4.57 Å². The van der Waals surface area contributed by atoms with Crippen molar-refractivity contribution in [1.29, 1.82) is 0 Å². The van der Waals surface area contributed by atoms with Crippen molar-refractivity contribution in [3.8, 4) is 11.3 Å². The van der Waals surface area contributed by atoms with E-state index in [1.165, 1.54) is 4.57 Å². The highest BCUT2D eigenvalue weighted by Gasteiger charge is 2.29. The van der Waals surface area contributed by atoms with Crippen molar-refractivity contribution in [3.63, 3.8) is 0 Å². The lowest BCUT2D eigenvalue weighted by Gasteiger charge is -2.12. The number of imidazole rings is 1. The van der Waals surface area contributed by atoms with Crippen LogP contribution in [0.2, 0.25) is 0 Å². The molecule has 3 aromatic rings. The number of aromatic nitrogens is 3. The maximum atomic E-state index is 12.4. The summed E-state index contributed by atoms with van der Waals surface area (Å²) < 4.78 is 3.57. The van der Waals surface area contributed by atoms with Crippen LogP contribution in [0.25, 0.3) is 11.3 Å². The second-order valence-corrected chi connectivity index (χ2v) is 7.03. The molecule has 0 spiro atoms. The Bertz CT molecular complexity index is 967. The Balaban J connectivity index is 1.60. The second-order valence-electron chi connectivity index (χ2n) is 6.21. The first-order valence-electron chi connectivity index (χ1n) is 8.21. The normalized spacial score (nSPS) is 13.8. The summed E-state index contributed by atoms with van der Waals surface area (Å²) in [4.78, 5) is 28.5. The predicted molar refractivity (Wildman–Crippen MR) is 97.9 cm³/mol. The van der Waals surface area contributed by atoms with Gasteiger partial charge in [-0.1, -0.05) is 41.7 Å². The van der Waals surface area contributed by atoms with Crippen LogP contribution in [0.3, 0.4) is 0 Å². The van der Waals surface area contributed by atoms with Crippen molar-refractivity contribution in [3.05, 3.63) is 57.3 Å². The van der Waals surface area contributed by atoms with E-state index < -0.39 is 0 Å². The zero-order valence-corrected chi connectivity index (χ0v) is 14.6. The second kappa shape index (κ2) is 6.33. The fraction of sp³-hybridized carbons (Fsp3) is 0.278. The Morgan fingerprint density at radius 2 is 2.08 bits per heavy atom. The number of carbonyl (C=O) groups excluding carboxylic acids is 1. The van der Waals surface area contributed by atoms with Gasteiger partial charge in [0.25, 0.3) is 0 Å². The van der Waals surface area contributed by atoms with Crippen LogP contribution < -0.4 is 10.2 Å². The fourth-order valence-corrected chi connectivity index (χ4v) is 3.62. The molecule has 0 bridgehead atoms. The van der Waals surface area contributed by atoms with E-state index in [4.69, 9.17) is 0 Å². The average molecular weight is 354 g/mol. The number of thiazole rings is 1. The lowest BCUT2D eigenvalue weighted by molar-refractivity contribution is -0.116. The van der Waals surface area contributed by atoms with Crippen LogP contribution in [-0.2, 0) is 11.3 Å². The van der Waals surface area contributed by atoms with E-state index in [1.807, 2.05) is 37.3 Å². The van der Waals surface area contributed by atoms with Crippen molar-refractivity contribution >= 4 is 23.2 Å². The number of hydrogen-bond donors (Lipinski definition) is 1. The molecule has 2 aromatic heterocycles. The van der Waals surface area contributed by atoms with Crippen molar-refractivity contribution in [2.75, 3.05) is 5.32 Å². The van der Waals surface area contributed by atoms with Gasteiger partial charge in [-0.25, -0.2) is 4.98 Å². The molecular formula is C18H18N4O2S. The molecule has 1 N–H and O–H groups in total. The lowest BCUT2D eigenvalue weighted by Crippen LogP contribution is -2.26. The van der Waals surface area contributed by atoms with Crippen LogP contribution in [0, 0.1) is 6.92 Å². The molecule has 6 nitrogen and oxygen atoms in total. The summed E-state index contributed by atoms with van der Waals surface area (Å²) >= 11 is 1.11. The average Bonchev–Trinajstić information content (AvgIpc) is 3.31. The van der Waals surface area contributed by atoms with Gasteiger partial charge in [-0.2, -0.15) is 0 Å². The van der Waals surface area contributed by atoms with E-state index in [9.17, 15) is 9.59 Å². The maximum Gasteiger partial charge on any atom is 0.307 e. The van der Waals surface area contributed by atoms with Gasteiger partial charge in [0.2, 0.25) is 11.9 Å². The standard InChI is InChI=1S/C18H18N4O2S/c1-12-11-25-18(24)21(12)10-16(23)20-17-19-9-15(22(17)14-7-8-14)13-5-3-2-4-6-13/h2-6,9,11,14H,7-8,10H2,1H3,(H,19,20,23). The first-order valence-corrected chi connectivity index (χ1v) is 9.09. The van der Waals surface area contributed by atoms with Crippen molar-refractivity contribution in [2.45, 2.75) is 32.4 Å². The summed E-state index contributed by atoms with van der Waals surface area (Å²) in [6, 6.07) is 10.4. The third-order valence-electron chi connectivity index (χ3n) is 4.31. The van der Waals surface area contributed by atoms with Crippen LogP contribution in [-0.4, -0.2) is 20.0 Å². The molecule has 0 radical (unpaired) electrons. The molecule has 1 fully saturated rings. The summed E-state index contributed by atoms with van der Waals surface area (Å²) in [5, 5.41) is 4.63. The minimum absolute atomic E-state index is 0.00631. The highest BCUT2D eigenvalue weighted by Crippen LogP contribution is 2.41. The molecule has 1 aliphatic carbocycles. The number of aryl methyl sites for hydroxylation is 1. The Hall–Kier alpha value is -2.67. The van der Waals surface area contributed by atoms with Gasteiger partial charge in [0.05, 0.1) is 11.9 Å². The Morgan fingerprint density at radius 1 is 1.32 bits per heavy atom. The number of carbonyl (C=O) groups is 1. The van der Waals surface area contributed by atoms with Gasteiger partial charge in [-0.05, 0) is 25.3 Å². The number of nitrogens with one attached hydrogen (secondary N) is 1. The molecule has 25 heavy (non-hydrogen) atoms. The molecule has 128 valence electrons. The Labute approximate surface area is 148 Å². The largest absolute Gasteiger partial charge is 0.307 e. The van der Waals surface area contributed by atoms with Crippen molar-refractivity contribution in [1.82, 2.24) is 14.1 Å². The number of hydrogen-bond acceptors (Lipinski definition) is 4. The highest BCUT2D eigenvalue weighted by atomic mass is 32.1. The smallest absolute Gasteiger partial charge is 0.307 e. The molecule has 1 saturated carbocycles. The predicted octanol–water partition coefficient (Wildman–Crippen LogP) is 3.06. The quantitative estimate of drug-likeness (QED) is 0.766. The Kier molecular flexibility index (Phi) is 4.01. The van der Waals surface area contributed by atoms with E-state index in [-0.39, 0.29) is 17.3 Å². The molecule has 0 aliphatic heterocycles. The molecule has 2 heterocycles. The lowest BCUT2D eigenvalue weighted by atomic mass is 10.2. The zero-order chi connectivity index (χ0) is 17.4. The maximum absolute atomic E-state index is 12.4. The molecule has 0 saturated heterocycles. The van der Waals surface area contributed by atoms with Gasteiger partial charge in [0, 0.05) is 17.1 Å². The van der Waals surface area contributed by atoms with Gasteiger partial charge >= 0.3 is 4.87 Å². The molecular weight excluding hydrogens is 336 g/mol. The summed E-state index contributed by atoms with van der Waals surface area (Å²) in [5.41, 5.74) is 2.87. The molecule has 4 rings (SSSR count). The first-order chi connectivity index (χ1) is 12.1.